The van der Waals surface area contributed by atoms with Crippen LogP contribution >= 0.6 is 22.9 Å². The van der Waals surface area contributed by atoms with E-state index in [1.807, 2.05) is 19.1 Å². The first kappa shape index (κ1) is 21.7. The third kappa shape index (κ3) is 4.71. The highest BCUT2D eigenvalue weighted by Gasteiger charge is 2.12. The number of thiazole rings is 1. The zero-order chi connectivity index (χ0) is 22.8. The van der Waals surface area contributed by atoms with Gasteiger partial charge in [0.1, 0.15) is 0 Å². The zero-order valence-corrected chi connectivity index (χ0v) is 18.5. The van der Waals surface area contributed by atoms with E-state index in [1.54, 1.807) is 30.3 Å². The van der Waals surface area contributed by atoms with Gasteiger partial charge in [0.2, 0.25) is 5.62 Å². The van der Waals surface area contributed by atoms with Gasteiger partial charge in [0.25, 0.3) is 0 Å². The Morgan fingerprint density at radius 1 is 1.19 bits per heavy atom. The average Bonchev–Trinajstić information content (AvgIpc) is 3.11. The quantitative estimate of drug-likeness (QED) is 0.447. The van der Waals surface area contributed by atoms with Crippen molar-refractivity contribution in [2.45, 2.75) is 26.4 Å². The molecule has 0 fully saturated rings. The first-order chi connectivity index (χ1) is 15.3. The lowest BCUT2D eigenvalue weighted by atomic mass is 10.2. The number of aromatic nitrogens is 4. The number of benzene rings is 2. The van der Waals surface area contributed by atoms with Crippen molar-refractivity contribution < 1.29 is 9.90 Å². The summed E-state index contributed by atoms with van der Waals surface area (Å²) >= 11 is 7.47. The van der Waals surface area contributed by atoms with E-state index < -0.39 is 17.3 Å². The van der Waals surface area contributed by atoms with E-state index in [9.17, 15) is 14.4 Å². The van der Waals surface area contributed by atoms with Crippen molar-refractivity contribution in [1.29, 1.82) is 0 Å². The molecule has 0 bridgehead atoms. The van der Waals surface area contributed by atoms with E-state index in [0.29, 0.717) is 10.7 Å². The van der Waals surface area contributed by atoms with Gasteiger partial charge < -0.3 is 5.11 Å². The molecule has 9 nitrogen and oxygen atoms in total. The lowest BCUT2D eigenvalue weighted by Crippen LogP contribution is -2.50. The van der Waals surface area contributed by atoms with Crippen molar-refractivity contribution in [1.82, 2.24) is 19.1 Å². The van der Waals surface area contributed by atoms with Crippen molar-refractivity contribution in [3.63, 3.8) is 0 Å². The number of halogens is 1. The van der Waals surface area contributed by atoms with Crippen LogP contribution in [0.3, 0.4) is 0 Å². The average molecular weight is 472 g/mol. The van der Waals surface area contributed by atoms with Gasteiger partial charge in [0, 0.05) is 11.6 Å². The Balaban J connectivity index is 1.87. The van der Waals surface area contributed by atoms with Crippen molar-refractivity contribution in [3.8, 4) is 0 Å². The molecular formula is C21H18ClN5O4S. The molecule has 0 aliphatic heterocycles. The molecule has 32 heavy (non-hydrogen) atoms. The molecule has 11 heteroatoms. The number of nitrogens with zero attached hydrogens (tertiary/aromatic N) is 4. The summed E-state index contributed by atoms with van der Waals surface area (Å²) in [7, 11) is 0. The summed E-state index contributed by atoms with van der Waals surface area (Å²) in [5.74, 6) is -1.11. The molecule has 2 aromatic heterocycles. The Bertz CT molecular complexity index is 1500. The predicted octanol–water partition coefficient (Wildman–Crippen LogP) is 2.67. The van der Waals surface area contributed by atoms with Crippen LogP contribution in [-0.4, -0.2) is 30.2 Å². The van der Waals surface area contributed by atoms with Gasteiger partial charge in [-0.25, -0.2) is 24.1 Å². The summed E-state index contributed by atoms with van der Waals surface area (Å²) in [6, 6.07) is 12.3. The minimum Gasteiger partial charge on any atom is -0.481 e. The molecular weight excluding hydrogens is 454 g/mol. The van der Waals surface area contributed by atoms with Crippen LogP contribution in [0.2, 0.25) is 5.02 Å². The van der Waals surface area contributed by atoms with E-state index in [0.717, 1.165) is 25.4 Å². The number of carboxylic acids is 1. The lowest BCUT2D eigenvalue weighted by molar-refractivity contribution is -0.137. The topological polar surface area (TPSA) is 122 Å². The number of aryl methyl sites for hydroxylation is 1. The van der Waals surface area contributed by atoms with E-state index in [2.05, 4.69) is 15.0 Å². The Labute approximate surface area is 189 Å². The molecule has 2 N–H and O–H groups in total. The SMILES string of the molecule is Cc1nc2ccc(/N=c3\[nH]c(=O)n(CCC(=O)O)c(=O)n3Cc3ccc(Cl)cc3)cc2s1. The molecule has 0 saturated heterocycles. The molecule has 4 rings (SSSR count). The fraction of sp³-hybridized carbons (Fsp3) is 0.190. The number of H-pyrrole nitrogens is 1. The second-order valence-electron chi connectivity index (χ2n) is 7.04. The summed E-state index contributed by atoms with van der Waals surface area (Å²) < 4.78 is 3.10. The van der Waals surface area contributed by atoms with Crippen molar-refractivity contribution >= 4 is 44.8 Å². The highest BCUT2D eigenvalue weighted by molar-refractivity contribution is 7.18. The van der Waals surface area contributed by atoms with Crippen molar-refractivity contribution in [3.05, 3.63) is 84.6 Å². The van der Waals surface area contributed by atoms with Crippen LogP contribution in [-0.2, 0) is 17.9 Å². The minimum atomic E-state index is -1.11. The van der Waals surface area contributed by atoms with Gasteiger partial charge in [-0.1, -0.05) is 23.7 Å². The summed E-state index contributed by atoms with van der Waals surface area (Å²) in [4.78, 5) is 48.1. The van der Waals surface area contributed by atoms with Gasteiger partial charge in [-0.05, 0) is 42.8 Å². The highest BCUT2D eigenvalue weighted by atomic mass is 35.5. The maximum atomic E-state index is 13.1. The summed E-state index contributed by atoms with van der Waals surface area (Å²) in [6.45, 7) is 1.77. The number of carbonyl (C=O) groups is 1. The smallest absolute Gasteiger partial charge is 0.335 e. The summed E-state index contributed by atoms with van der Waals surface area (Å²) in [6.07, 6.45) is -0.359. The number of rotatable bonds is 6. The Morgan fingerprint density at radius 2 is 1.94 bits per heavy atom. The fourth-order valence-electron chi connectivity index (χ4n) is 3.18. The van der Waals surface area contributed by atoms with E-state index in [-0.39, 0.29) is 25.1 Å². The number of carboxylic acid groups (broad SMARTS) is 1. The molecule has 0 spiro atoms. The summed E-state index contributed by atoms with van der Waals surface area (Å²) in [5.41, 5.74) is 0.832. The third-order valence-corrected chi connectivity index (χ3v) is 5.88. The number of aromatic amines is 1. The van der Waals surface area contributed by atoms with Crippen LogP contribution in [0.1, 0.15) is 17.0 Å². The molecule has 0 saturated carbocycles. The number of aliphatic carboxylic acids is 1. The molecule has 0 amide bonds. The Morgan fingerprint density at radius 3 is 2.66 bits per heavy atom. The largest absolute Gasteiger partial charge is 0.481 e. The minimum absolute atomic E-state index is 0.0575. The van der Waals surface area contributed by atoms with Crippen LogP contribution in [0, 0.1) is 6.92 Å². The third-order valence-electron chi connectivity index (χ3n) is 4.70. The molecule has 0 atom stereocenters. The lowest BCUT2D eigenvalue weighted by Gasteiger charge is -2.10. The second-order valence-corrected chi connectivity index (χ2v) is 8.71. The molecule has 2 aromatic carbocycles. The number of nitrogens with one attached hydrogen (secondary N) is 1. The first-order valence-corrected chi connectivity index (χ1v) is 10.8. The molecule has 0 unspecified atom stereocenters. The highest BCUT2D eigenvalue weighted by Crippen LogP contribution is 2.25. The maximum absolute atomic E-state index is 13.1. The normalized spacial score (nSPS) is 11.9. The molecule has 0 aliphatic rings. The number of hydrogen-bond donors (Lipinski definition) is 2. The molecule has 0 aliphatic carbocycles. The van der Waals surface area contributed by atoms with Crippen LogP contribution in [0.5, 0.6) is 0 Å². The monoisotopic (exact) mass is 471 g/mol. The molecule has 0 radical (unpaired) electrons. The van der Waals surface area contributed by atoms with Gasteiger partial charge in [-0.3, -0.25) is 14.3 Å². The number of fused-ring (bicyclic) bond motifs is 1. The summed E-state index contributed by atoms with van der Waals surface area (Å²) in [5, 5.41) is 10.4. The van der Waals surface area contributed by atoms with Crippen LogP contribution in [0.25, 0.3) is 10.2 Å². The Hall–Kier alpha value is -3.50. The van der Waals surface area contributed by atoms with Crippen molar-refractivity contribution in [2.24, 2.45) is 4.99 Å². The van der Waals surface area contributed by atoms with Crippen LogP contribution < -0.4 is 17.0 Å². The van der Waals surface area contributed by atoms with Crippen LogP contribution in [0.15, 0.2) is 57.0 Å². The van der Waals surface area contributed by atoms with Crippen molar-refractivity contribution in [2.75, 3.05) is 0 Å². The van der Waals surface area contributed by atoms with Gasteiger partial charge in [0.05, 0.1) is 33.9 Å². The van der Waals surface area contributed by atoms with E-state index in [4.69, 9.17) is 16.7 Å². The van der Waals surface area contributed by atoms with Gasteiger partial charge in [0.15, 0.2) is 0 Å². The van der Waals surface area contributed by atoms with E-state index >= 15 is 0 Å². The molecule has 2 heterocycles. The van der Waals surface area contributed by atoms with Gasteiger partial charge in [-0.2, -0.15) is 0 Å². The van der Waals surface area contributed by atoms with E-state index in [1.165, 1.54) is 15.9 Å². The van der Waals surface area contributed by atoms with Gasteiger partial charge in [-0.15, -0.1) is 11.3 Å². The maximum Gasteiger partial charge on any atom is 0.335 e. The Kier molecular flexibility index (Phi) is 6.06. The molecule has 164 valence electrons. The first-order valence-electron chi connectivity index (χ1n) is 9.62. The molecule has 4 aromatic rings. The zero-order valence-electron chi connectivity index (χ0n) is 16.9. The van der Waals surface area contributed by atoms with Crippen LogP contribution in [0.4, 0.5) is 5.69 Å². The fourth-order valence-corrected chi connectivity index (χ4v) is 4.17. The van der Waals surface area contributed by atoms with Gasteiger partial charge >= 0.3 is 17.3 Å². The standard InChI is InChI=1S/C21H18ClN5O4S/c1-12-23-16-7-6-15(10-17(16)32-12)24-19-25-20(30)26(9-8-18(28)29)21(31)27(19)11-13-2-4-14(22)5-3-13/h2-7,10H,8-9,11H2,1H3,(H,28,29)(H,24,25,30). The second kappa shape index (κ2) is 8.93. The predicted molar refractivity (Wildman–Crippen MR) is 122 cm³/mol. The number of hydrogen-bond acceptors (Lipinski definition) is 6.